The molecule has 2 fully saturated rings. The molecule has 1 saturated heterocycles. The number of nitrogens with one attached hydrogen (secondary N) is 1. The van der Waals surface area contributed by atoms with Gasteiger partial charge in [0.05, 0.1) is 12.3 Å². The maximum Gasteiger partial charge on any atom is 0.246 e. The van der Waals surface area contributed by atoms with E-state index in [1.165, 1.54) is 19.3 Å². The van der Waals surface area contributed by atoms with Gasteiger partial charge < -0.3 is 19.6 Å². The summed E-state index contributed by atoms with van der Waals surface area (Å²) < 4.78 is 5.96. The van der Waals surface area contributed by atoms with Gasteiger partial charge in [0.15, 0.2) is 0 Å². The van der Waals surface area contributed by atoms with E-state index in [2.05, 4.69) is 15.2 Å². The number of aliphatic hydroxyl groups excluding tert-OH is 1. The lowest BCUT2D eigenvalue weighted by Crippen LogP contribution is -2.42. The fraction of sp³-hybridized carbons (Fsp3) is 0.679. The number of hydrogen-bond acceptors (Lipinski definition) is 6. The number of guanidine groups is 1. The highest BCUT2D eigenvalue weighted by molar-refractivity contribution is 6.05. The fourth-order valence-electron chi connectivity index (χ4n) is 5.45. The van der Waals surface area contributed by atoms with Crippen molar-refractivity contribution < 1.29 is 19.4 Å². The second-order valence-corrected chi connectivity index (χ2v) is 10.3. The smallest absolute Gasteiger partial charge is 0.246 e. The number of carbonyl (C=O) groups is 2. The number of rotatable bonds is 14. The van der Waals surface area contributed by atoms with Crippen LogP contribution in [-0.4, -0.2) is 65.0 Å². The van der Waals surface area contributed by atoms with Gasteiger partial charge in [0.1, 0.15) is 12.3 Å². The average Bonchev–Trinajstić information content (AvgIpc) is 3.25. The molecule has 0 atom stereocenters. The maximum absolute atomic E-state index is 13.1. The molecule has 36 heavy (non-hydrogen) atoms. The van der Waals surface area contributed by atoms with Gasteiger partial charge >= 0.3 is 0 Å². The molecule has 0 bridgehead atoms. The van der Waals surface area contributed by atoms with Crippen LogP contribution in [0.4, 0.5) is 5.69 Å². The van der Waals surface area contributed by atoms with Crippen LogP contribution < -0.4 is 10.1 Å². The summed E-state index contributed by atoms with van der Waals surface area (Å²) in [5.41, 5.74) is 1.95. The number of aliphatic hydroxyl groups is 1. The van der Waals surface area contributed by atoms with Crippen molar-refractivity contribution in [2.24, 2.45) is 4.99 Å². The molecule has 0 spiro atoms. The first kappa shape index (κ1) is 26.5. The molecule has 1 aromatic carbocycles. The van der Waals surface area contributed by atoms with Crippen LogP contribution in [0.2, 0.25) is 0 Å². The van der Waals surface area contributed by atoms with Gasteiger partial charge in [0.25, 0.3) is 0 Å². The van der Waals surface area contributed by atoms with Crippen molar-refractivity contribution in [3.63, 3.8) is 0 Å². The zero-order valence-electron chi connectivity index (χ0n) is 21.6. The number of unbranched alkanes of at least 4 members (excludes halogenated alkanes) is 5. The van der Waals surface area contributed by atoms with Crippen LogP contribution >= 0.6 is 0 Å². The van der Waals surface area contributed by atoms with Crippen molar-refractivity contribution in [1.82, 2.24) is 15.1 Å². The zero-order chi connectivity index (χ0) is 25.2. The molecule has 8 heteroatoms. The number of hydrogen-bond donors (Lipinski definition) is 2. The Bertz CT molecular complexity index is 913. The third-order valence-corrected chi connectivity index (χ3v) is 7.48. The minimum absolute atomic E-state index is 0.0172. The zero-order valence-corrected chi connectivity index (χ0v) is 21.6. The molecule has 1 aliphatic carbocycles. The van der Waals surface area contributed by atoms with E-state index in [0.717, 1.165) is 81.3 Å². The third kappa shape index (κ3) is 7.45. The van der Waals surface area contributed by atoms with Gasteiger partial charge in [-0.3, -0.25) is 14.9 Å². The van der Waals surface area contributed by atoms with Crippen LogP contribution in [0.15, 0.2) is 23.2 Å². The fourth-order valence-corrected chi connectivity index (χ4v) is 5.45. The van der Waals surface area contributed by atoms with Gasteiger partial charge in [0.2, 0.25) is 17.8 Å². The van der Waals surface area contributed by atoms with Crippen molar-refractivity contribution in [2.75, 3.05) is 26.3 Å². The van der Waals surface area contributed by atoms with E-state index in [1.807, 2.05) is 23.1 Å². The summed E-state index contributed by atoms with van der Waals surface area (Å²) in [4.78, 5) is 33.4. The molecule has 1 aromatic rings. The molecule has 2 aliphatic heterocycles. The Balaban J connectivity index is 1.16. The van der Waals surface area contributed by atoms with Crippen LogP contribution in [0.25, 0.3) is 0 Å². The number of benzene rings is 1. The van der Waals surface area contributed by atoms with Gasteiger partial charge in [-0.2, -0.15) is 0 Å². The summed E-state index contributed by atoms with van der Waals surface area (Å²) in [5.74, 6) is 1.71. The van der Waals surface area contributed by atoms with E-state index >= 15 is 0 Å². The monoisotopic (exact) mass is 498 g/mol. The van der Waals surface area contributed by atoms with E-state index in [1.54, 1.807) is 0 Å². The minimum atomic E-state index is -0.0172. The Labute approximate surface area is 215 Å². The van der Waals surface area contributed by atoms with E-state index in [4.69, 9.17) is 9.84 Å². The standard InChI is InChI=1S/C28H42N4O4/c33-17-9-2-1-8-16-32(23-11-5-3-6-12-23)27(35)13-7-4-10-18-36-24-15-14-22-20-31-21-26(34)30-28(31)29-25(22)19-24/h14-15,19,23,33H,1-13,16-18,20-21H2,(H,29,30,34). The Kier molecular flexibility index (Phi) is 10.0. The van der Waals surface area contributed by atoms with Gasteiger partial charge in [-0.1, -0.05) is 38.2 Å². The summed E-state index contributed by atoms with van der Waals surface area (Å²) in [7, 11) is 0. The van der Waals surface area contributed by atoms with Gasteiger partial charge in [-0.25, -0.2) is 4.99 Å². The predicted octanol–water partition coefficient (Wildman–Crippen LogP) is 4.27. The SMILES string of the molecule is O=C1CN2Cc3ccc(OCCCCCC(=O)N(CCCCCCO)C4CCCCC4)cc3N=C2N1. The summed E-state index contributed by atoms with van der Waals surface area (Å²) in [6, 6.07) is 6.35. The van der Waals surface area contributed by atoms with Crippen LogP contribution in [0.5, 0.6) is 5.75 Å². The van der Waals surface area contributed by atoms with E-state index in [-0.39, 0.29) is 12.5 Å². The first-order valence-electron chi connectivity index (χ1n) is 13.9. The molecule has 2 heterocycles. The lowest BCUT2D eigenvalue weighted by molar-refractivity contribution is -0.134. The van der Waals surface area contributed by atoms with E-state index in [0.29, 0.717) is 44.0 Å². The average molecular weight is 499 g/mol. The maximum atomic E-state index is 13.1. The number of nitrogens with zero attached hydrogens (tertiary/aromatic N) is 3. The lowest BCUT2D eigenvalue weighted by atomic mass is 9.93. The van der Waals surface area contributed by atoms with Crippen molar-refractivity contribution in [1.29, 1.82) is 0 Å². The normalized spacial score (nSPS) is 17.3. The minimum Gasteiger partial charge on any atom is -0.494 e. The topological polar surface area (TPSA) is 94.5 Å². The summed E-state index contributed by atoms with van der Waals surface area (Å²) in [6.45, 7) is 2.78. The van der Waals surface area contributed by atoms with Crippen molar-refractivity contribution in [2.45, 2.75) is 96.1 Å². The molecule has 1 saturated carbocycles. The predicted molar refractivity (Wildman–Crippen MR) is 140 cm³/mol. The van der Waals surface area contributed by atoms with Crippen molar-refractivity contribution >= 4 is 23.5 Å². The second kappa shape index (κ2) is 13.6. The molecule has 0 radical (unpaired) electrons. The molecule has 2 N–H and O–H groups in total. The number of ether oxygens (including phenoxy) is 1. The quantitative estimate of drug-likeness (QED) is 0.374. The van der Waals surface area contributed by atoms with Crippen LogP contribution in [0.3, 0.4) is 0 Å². The summed E-state index contributed by atoms with van der Waals surface area (Å²) >= 11 is 0. The van der Waals surface area contributed by atoms with Crippen LogP contribution in [0, 0.1) is 0 Å². The Morgan fingerprint density at radius 2 is 1.86 bits per heavy atom. The summed E-state index contributed by atoms with van der Waals surface area (Å²) in [6.07, 6.45) is 13.4. The Hall–Kier alpha value is -2.61. The number of aliphatic imine (C=N–C) groups is 1. The molecule has 3 aliphatic rings. The first-order valence-corrected chi connectivity index (χ1v) is 13.9. The number of fused-ring (bicyclic) bond motifs is 2. The summed E-state index contributed by atoms with van der Waals surface area (Å²) in [5, 5.41) is 11.8. The number of carbonyl (C=O) groups excluding carboxylic acids is 2. The second-order valence-electron chi connectivity index (χ2n) is 10.3. The Morgan fingerprint density at radius 3 is 2.69 bits per heavy atom. The highest BCUT2D eigenvalue weighted by atomic mass is 16.5. The van der Waals surface area contributed by atoms with Crippen LogP contribution in [0.1, 0.15) is 89.0 Å². The first-order chi connectivity index (χ1) is 17.6. The van der Waals surface area contributed by atoms with Gasteiger partial charge in [0, 0.05) is 38.2 Å². The lowest BCUT2D eigenvalue weighted by Gasteiger charge is -2.34. The highest BCUT2D eigenvalue weighted by Crippen LogP contribution is 2.31. The number of amides is 2. The molecule has 4 rings (SSSR count). The molecule has 8 nitrogen and oxygen atoms in total. The molecule has 0 aromatic heterocycles. The van der Waals surface area contributed by atoms with Crippen LogP contribution in [-0.2, 0) is 16.1 Å². The molecule has 198 valence electrons. The molecular formula is C28H42N4O4. The van der Waals surface area contributed by atoms with Gasteiger partial charge in [-0.15, -0.1) is 0 Å². The molecule has 2 amide bonds. The van der Waals surface area contributed by atoms with Gasteiger partial charge in [-0.05, 0) is 56.6 Å². The van der Waals surface area contributed by atoms with Crippen molar-refractivity contribution in [3.8, 4) is 5.75 Å². The molecular weight excluding hydrogens is 456 g/mol. The third-order valence-electron chi connectivity index (χ3n) is 7.48. The Morgan fingerprint density at radius 1 is 1.06 bits per heavy atom. The molecule has 0 unspecified atom stereocenters. The van der Waals surface area contributed by atoms with E-state index in [9.17, 15) is 9.59 Å². The highest BCUT2D eigenvalue weighted by Gasteiger charge is 2.29. The largest absolute Gasteiger partial charge is 0.494 e. The van der Waals surface area contributed by atoms with E-state index < -0.39 is 0 Å². The van der Waals surface area contributed by atoms with Crippen molar-refractivity contribution in [3.05, 3.63) is 23.8 Å².